The van der Waals surface area contributed by atoms with Crippen molar-refractivity contribution in [2.24, 2.45) is 11.1 Å². The first-order valence-electron chi connectivity index (χ1n) is 6.40. The number of halogens is 1. The molecule has 1 aromatic carbocycles. The van der Waals surface area contributed by atoms with Crippen LogP contribution in [0.4, 0.5) is 4.39 Å². The molecule has 1 fully saturated rings. The minimum absolute atomic E-state index is 0.00446. The molecule has 1 aliphatic rings. The van der Waals surface area contributed by atoms with Gasteiger partial charge in [-0.1, -0.05) is 12.8 Å². The maximum absolute atomic E-state index is 13.5. The standard InChI is InChI=1S/C13H17FN2O3S/c1-8-11(13(17)16-5-4-9-2-3-9)6-10(14)7-12(8)20(15,18)19/h6-7,9H,2-5H2,1H3,(H,16,17)(H2,15,18,19). The Kier molecular flexibility index (Phi) is 4.10. The van der Waals surface area contributed by atoms with Crippen LogP contribution < -0.4 is 10.5 Å². The number of nitrogens with two attached hydrogens (primary N) is 1. The van der Waals surface area contributed by atoms with Gasteiger partial charge >= 0.3 is 0 Å². The number of sulfonamides is 1. The molecule has 0 heterocycles. The highest BCUT2D eigenvalue weighted by Gasteiger charge is 2.22. The van der Waals surface area contributed by atoms with E-state index in [-0.39, 0.29) is 16.0 Å². The second-order valence-corrected chi connectivity index (χ2v) is 6.64. The van der Waals surface area contributed by atoms with Gasteiger partial charge in [0.05, 0.1) is 4.90 Å². The zero-order valence-electron chi connectivity index (χ0n) is 11.1. The molecule has 0 spiro atoms. The van der Waals surface area contributed by atoms with Crippen LogP contribution >= 0.6 is 0 Å². The Labute approximate surface area is 117 Å². The van der Waals surface area contributed by atoms with Gasteiger partial charge in [-0.2, -0.15) is 0 Å². The zero-order chi connectivity index (χ0) is 14.9. The van der Waals surface area contributed by atoms with Gasteiger partial charge in [-0.3, -0.25) is 4.79 Å². The lowest BCUT2D eigenvalue weighted by atomic mass is 10.1. The van der Waals surface area contributed by atoms with Crippen molar-refractivity contribution in [2.45, 2.75) is 31.1 Å². The van der Waals surface area contributed by atoms with Crippen LogP contribution in [0, 0.1) is 18.7 Å². The fourth-order valence-corrected chi connectivity index (χ4v) is 2.89. The smallest absolute Gasteiger partial charge is 0.251 e. The number of rotatable bonds is 5. The second kappa shape index (κ2) is 5.49. The third kappa shape index (κ3) is 3.55. The predicted octanol–water partition coefficient (Wildman–Crippen LogP) is 1.31. The highest BCUT2D eigenvalue weighted by molar-refractivity contribution is 7.89. The molecule has 0 radical (unpaired) electrons. The molecule has 1 aromatic rings. The van der Waals surface area contributed by atoms with Gasteiger partial charge in [-0.05, 0) is 37.0 Å². The third-order valence-electron chi connectivity index (χ3n) is 3.41. The highest BCUT2D eigenvalue weighted by Crippen LogP contribution is 2.31. The Balaban J connectivity index is 2.21. The van der Waals surface area contributed by atoms with E-state index in [1.807, 2.05) is 0 Å². The molecule has 110 valence electrons. The molecule has 0 atom stereocenters. The summed E-state index contributed by atoms with van der Waals surface area (Å²) in [4.78, 5) is 11.6. The molecule has 3 N–H and O–H groups in total. The van der Waals surface area contributed by atoms with E-state index in [2.05, 4.69) is 5.32 Å². The summed E-state index contributed by atoms with van der Waals surface area (Å²) in [5, 5.41) is 7.69. The molecular formula is C13H17FN2O3S. The summed E-state index contributed by atoms with van der Waals surface area (Å²) in [6.45, 7) is 1.94. The van der Waals surface area contributed by atoms with E-state index in [0.717, 1.165) is 18.6 Å². The van der Waals surface area contributed by atoms with Gasteiger partial charge in [0.15, 0.2) is 0 Å². The lowest BCUT2D eigenvalue weighted by Gasteiger charge is -2.11. The minimum Gasteiger partial charge on any atom is -0.352 e. The molecule has 1 aliphatic carbocycles. The topological polar surface area (TPSA) is 89.3 Å². The number of primary sulfonamides is 1. The summed E-state index contributed by atoms with van der Waals surface area (Å²) in [7, 11) is -4.06. The van der Waals surface area contributed by atoms with Crippen molar-refractivity contribution in [2.75, 3.05) is 6.54 Å². The number of carbonyl (C=O) groups is 1. The van der Waals surface area contributed by atoms with Crippen LogP contribution in [0.3, 0.4) is 0 Å². The van der Waals surface area contributed by atoms with Crippen molar-refractivity contribution in [1.29, 1.82) is 0 Å². The van der Waals surface area contributed by atoms with Crippen LogP contribution in [-0.2, 0) is 10.0 Å². The summed E-state index contributed by atoms with van der Waals surface area (Å²) in [5.74, 6) is -0.608. The lowest BCUT2D eigenvalue weighted by molar-refractivity contribution is 0.0951. The van der Waals surface area contributed by atoms with E-state index in [1.54, 1.807) is 0 Å². The van der Waals surface area contributed by atoms with E-state index < -0.39 is 21.7 Å². The molecule has 5 nitrogen and oxygen atoms in total. The van der Waals surface area contributed by atoms with Gasteiger partial charge in [-0.25, -0.2) is 17.9 Å². The van der Waals surface area contributed by atoms with E-state index >= 15 is 0 Å². The first-order valence-corrected chi connectivity index (χ1v) is 7.95. The fraction of sp³-hybridized carbons (Fsp3) is 0.462. The van der Waals surface area contributed by atoms with Crippen molar-refractivity contribution in [1.82, 2.24) is 5.32 Å². The molecule has 0 bridgehead atoms. The lowest BCUT2D eigenvalue weighted by Crippen LogP contribution is -2.26. The van der Waals surface area contributed by atoms with Gasteiger partial charge in [0.2, 0.25) is 10.0 Å². The van der Waals surface area contributed by atoms with E-state index in [4.69, 9.17) is 5.14 Å². The van der Waals surface area contributed by atoms with Crippen LogP contribution in [0.25, 0.3) is 0 Å². The molecule has 2 rings (SSSR count). The summed E-state index contributed by atoms with van der Waals surface area (Å²) < 4.78 is 36.2. The van der Waals surface area contributed by atoms with Crippen molar-refractivity contribution in [3.05, 3.63) is 29.1 Å². The molecule has 1 amide bonds. The monoisotopic (exact) mass is 300 g/mol. The number of hydrogen-bond donors (Lipinski definition) is 2. The zero-order valence-corrected chi connectivity index (χ0v) is 12.0. The quantitative estimate of drug-likeness (QED) is 0.859. The number of carbonyl (C=O) groups excluding carboxylic acids is 1. The van der Waals surface area contributed by atoms with Crippen LogP contribution in [0.5, 0.6) is 0 Å². The third-order valence-corrected chi connectivity index (χ3v) is 4.45. The molecular weight excluding hydrogens is 283 g/mol. The first kappa shape index (κ1) is 14.9. The van der Waals surface area contributed by atoms with Crippen LogP contribution in [-0.4, -0.2) is 20.9 Å². The molecule has 1 saturated carbocycles. The average Bonchev–Trinajstić information content (AvgIpc) is 3.14. The van der Waals surface area contributed by atoms with Gasteiger partial charge in [0, 0.05) is 12.1 Å². The predicted molar refractivity (Wildman–Crippen MR) is 72.2 cm³/mol. The van der Waals surface area contributed by atoms with Crippen molar-refractivity contribution in [3.8, 4) is 0 Å². The summed E-state index contributed by atoms with van der Waals surface area (Å²) in [6, 6.07) is 1.85. The van der Waals surface area contributed by atoms with E-state index in [1.165, 1.54) is 19.8 Å². The van der Waals surface area contributed by atoms with Crippen LogP contribution in [0.15, 0.2) is 17.0 Å². The van der Waals surface area contributed by atoms with E-state index in [0.29, 0.717) is 12.5 Å². The Hall–Kier alpha value is -1.47. The SMILES string of the molecule is Cc1c(C(=O)NCCC2CC2)cc(F)cc1S(N)(=O)=O. The molecule has 20 heavy (non-hydrogen) atoms. The van der Waals surface area contributed by atoms with Gasteiger partial charge in [0.25, 0.3) is 5.91 Å². The number of benzene rings is 1. The first-order chi connectivity index (χ1) is 9.29. The number of hydrogen-bond acceptors (Lipinski definition) is 3. The molecule has 7 heteroatoms. The summed E-state index contributed by atoms with van der Waals surface area (Å²) >= 11 is 0. The minimum atomic E-state index is -4.06. The molecule has 0 aliphatic heterocycles. The van der Waals surface area contributed by atoms with Gasteiger partial charge < -0.3 is 5.32 Å². The van der Waals surface area contributed by atoms with Crippen LogP contribution in [0.1, 0.15) is 35.2 Å². The normalized spacial score (nSPS) is 15.2. The van der Waals surface area contributed by atoms with E-state index in [9.17, 15) is 17.6 Å². The Morgan fingerprint density at radius 2 is 2.10 bits per heavy atom. The largest absolute Gasteiger partial charge is 0.352 e. The second-order valence-electron chi connectivity index (χ2n) is 5.11. The summed E-state index contributed by atoms with van der Waals surface area (Å²) in [6.07, 6.45) is 3.26. The highest BCUT2D eigenvalue weighted by atomic mass is 32.2. The van der Waals surface area contributed by atoms with Gasteiger partial charge in [0.1, 0.15) is 5.82 Å². The van der Waals surface area contributed by atoms with Crippen molar-refractivity contribution >= 4 is 15.9 Å². The Morgan fingerprint density at radius 3 is 2.65 bits per heavy atom. The number of nitrogens with one attached hydrogen (secondary N) is 1. The molecule has 0 unspecified atom stereocenters. The maximum atomic E-state index is 13.5. The van der Waals surface area contributed by atoms with Crippen LogP contribution in [0.2, 0.25) is 0 Å². The molecule has 0 aromatic heterocycles. The van der Waals surface area contributed by atoms with Crippen molar-refractivity contribution < 1.29 is 17.6 Å². The Morgan fingerprint density at radius 1 is 1.45 bits per heavy atom. The maximum Gasteiger partial charge on any atom is 0.251 e. The summed E-state index contributed by atoms with van der Waals surface area (Å²) in [5.41, 5.74) is 0.169. The Bertz CT molecular complexity index is 639. The average molecular weight is 300 g/mol. The molecule has 0 saturated heterocycles. The van der Waals surface area contributed by atoms with Gasteiger partial charge in [-0.15, -0.1) is 0 Å². The number of amides is 1. The van der Waals surface area contributed by atoms with Crippen molar-refractivity contribution in [3.63, 3.8) is 0 Å². The fourth-order valence-electron chi connectivity index (χ4n) is 2.08.